The minimum Gasteiger partial charge on any atom is -0.348 e. The van der Waals surface area contributed by atoms with Crippen molar-refractivity contribution in [2.75, 3.05) is 5.32 Å². The first-order valence-electron chi connectivity index (χ1n) is 7.73. The van der Waals surface area contributed by atoms with E-state index in [0.29, 0.717) is 5.56 Å². The van der Waals surface area contributed by atoms with Crippen molar-refractivity contribution in [3.05, 3.63) is 89.4 Å². The Labute approximate surface area is 147 Å². The van der Waals surface area contributed by atoms with Gasteiger partial charge in [-0.3, -0.25) is 4.79 Å². The molecule has 0 bridgehead atoms. The number of pyridine rings is 1. The molecule has 1 aromatic heterocycles. The minimum absolute atomic E-state index is 0.0124. The van der Waals surface area contributed by atoms with Gasteiger partial charge in [-0.05, 0) is 30.3 Å². The highest BCUT2D eigenvalue weighted by Crippen LogP contribution is 2.22. The van der Waals surface area contributed by atoms with Crippen molar-refractivity contribution in [1.29, 1.82) is 0 Å². The number of nitrogens with zero attached hydrogens (tertiary/aromatic N) is 1. The van der Waals surface area contributed by atoms with Gasteiger partial charge in [0.2, 0.25) is 0 Å². The fraction of sp³-hybridized carbons (Fsp3) is 0.0526. The normalized spacial score (nSPS) is 10.4. The smallest absolute Gasteiger partial charge is 0.251 e. The largest absolute Gasteiger partial charge is 0.348 e. The number of nitrogens with one attached hydrogen (secondary N) is 2. The van der Waals surface area contributed by atoms with Gasteiger partial charge >= 0.3 is 0 Å². The van der Waals surface area contributed by atoms with E-state index >= 15 is 0 Å². The Hall–Kier alpha value is -3.35. The van der Waals surface area contributed by atoms with Crippen molar-refractivity contribution < 1.29 is 18.0 Å². The topological polar surface area (TPSA) is 54.0 Å². The summed E-state index contributed by atoms with van der Waals surface area (Å²) in [5, 5.41) is 5.10. The molecule has 3 rings (SSSR count). The molecule has 0 aliphatic rings. The lowest BCUT2D eigenvalue weighted by Gasteiger charge is -2.10. The molecule has 3 aromatic rings. The van der Waals surface area contributed by atoms with Gasteiger partial charge in [-0.25, -0.2) is 18.2 Å². The van der Waals surface area contributed by atoms with Crippen molar-refractivity contribution >= 4 is 17.4 Å². The van der Waals surface area contributed by atoms with Gasteiger partial charge in [0, 0.05) is 23.9 Å². The Balaban J connectivity index is 1.72. The number of hydrogen-bond acceptors (Lipinski definition) is 3. The minimum atomic E-state index is -0.777. The summed E-state index contributed by atoms with van der Waals surface area (Å²) in [4.78, 5) is 16.2. The molecule has 0 spiro atoms. The molecule has 0 atom stereocenters. The third-order valence-corrected chi connectivity index (χ3v) is 3.64. The summed E-state index contributed by atoms with van der Waals surface area (Å²) < 4.78 is 41.0. The molecule has 0 radical (unpaired) electrons. The Kier molecular flexibility index (Phi) is 5.17. The number of carbonyl (C=O) groups excluding carboxylic acids is 1. The zero-order valence-corrected chi connectivity index (χ0v) is 13.5. The molecule has 0 aliphatic carbocycles. The highest BCUT2D eigenvalue weighted by Gasteiger charge is 2.12. The van der Waals surface area contributed by atoms with E-state index in [9.17, 15) is 18.0 Å². The van der Waals surface area contributed by atoms with Gasteiger partial charge in [0.25, 0.3) is 5.91 Å². The molecule has 132 valence electrons. The molecular weight excluding hydrogens is 343 g/mol. The summed E-state index contributed by atoms with van der Waals surface area (Å²) in [5.74, 6) is -2.33. The van der Waals surface area contributed by atoms with Crippen LogP contribution >= 0.6 is 0 Å². The van der Waals surface area contributed by atoms with Crippen molar-refractivity contribution in [1.82, 2.24) is 10.3 Å². The molecule has 2 N–H and O–H groups in total. The van der Waals surface area contributed by atoms with Gasteiger partial charge in [0.15, 0.2) is 0 Å². The Morgan fingerprint density at radius 2 is 1.62 bits per heavy atom. The number of halogens is 3. The second kappa shape index (κ2) is 7.69. The van der Waals surface area contributed by atoms with Gasteiger partial charge in [-0.15, -0.1) is 0 Å². The van der Waals surface area contributed by atoms with Gasteiger partial charge < -0.3 is 10.6 Å². The van der Waals surface area contributed by atoms with E-state index in [-0.39, 0.29) is 23.6 Å². The molecule has 0 aliphatic heterocycles. The number of aromatic nitrogens is 1. The van der Waals surface area contributed by atoms with Gasteiger partial charge in [0.1, 0.15) is 29.0 Å². The monoisotopic (exact) mass is 357 g/mol. The Bertz CT molecular complexity index is 927. The van der Waals surface area contributed by atoms with Crippen LogP contribution in [0.5, 0.6) is 0 Å². The van der Waals surface area contributed by atoms with Crippen molar-refractivity contribution in [3.63, 3.8) is 0 Å². The second-order valence-corrected chi connectivity index (χ2v) is 5.43. The van der Waals surface area contributed by atoms with Crippen LogP contribution in [0.4, 0.5) is 24.7 Å². The predicted molar refractivity (Wildman–Crippen MR) is 91.4 cm³/mol. The first-order valence-corrected chi connectivity index (χ1v) is 7.73. The van der Waals surface area contributed by atoms with E-state index in [1.54, 1.807) is 18.2 Å². The highest BCUT2D eigenvalue weighted by atomic mass is 19.1. The van der Waals surface area contributed by atoms with Crippen LogP contribution in [0.15, 0.2) is 60.8 Å². The summed E-state index contributed by atoms with van der Waals surface area (Å²) in [7, 11) is 0. The number of benzene rings is 2. The van der Waals surface area contributed by atoms with Gasteiger partial charge in [-0.2, -0.15) is 0 Å². The molecule has 0 saturated heterocycles. The summed E-state index contributed by atoms with van der Waals surface area (Å²) in [6.07, 6.45) is 1.33. The number of rotatable bonds is 5. The standard InChI is InChI=1S/C19H14F3N3O/c20-14-5-2-1-4-13(14)11-24-19(26)12-8-9-23-17(10-12)25-18-15(21)6-3-7-16(18)22/h1-10H,11H2,(H,23,25)(H,24,26). The van der Waals surface area contributed by atoms with Crippen molar-refractivity contribution in [2.45, 2.75) is 6.54 Å². The molecule has 0 fully saturated rings. The Morgan fingerprint density at radius 1 is 0.923 bits per heavy atom. The lowest BCUT2D eigenvalue weighted by atomic mass is 10.2. The molecule has 1 amide bonds. The van der Waals surface area contributed by atoms with E-state index in [1.165, 1.54) is 30.5 Å². The number of amides is 1. The summed E-state index contributed by atoms with van der Waals surface area (Å²) >= 11 is 0. The lowest BCUT2D eigenvalue weighted by Crippen LogP contribution is -2.23. The third kappa shape index (κ3) is 4.00. The fourth-order valence-electron chi connectivity index (χ4n) is 2.30. The van der Waals surface area contributed by atoms with Crippen LogP contribution in [0.25, 0.3) is 0 Å². The number of carbonyl (C=O) groups is 1. The maximum absolute atomic E-state index is 13.7. The molecule has 7 heteroatoms. The average Bonchev–Trinajstić information content (AvgIpc) is 2.64. The highest BCUT2D eigenvalue weighted by molar-refractivity contribution is 5.94. The first-order chi connectivity index (χ1) is 12.5. The summed E-state index contributed by atoms with van der Waals surface area (Å²) in [5.41, 5.74) is 0.209. The molecule has 2 aromatic carbocycles. The number of para-hydroxylation sites is 1. The van der Waals surface area contributed by atoms with Crippen LogP contribution in [-0.4, -0.2) is 10.9 Å². The van der Waals surface area contributed by atoms with Crippen LogP contribution in [0.1, 0.15) is 15.9 Å². The second-order valence-electron chi connectivity index (χ2n) is 5.43. The molecule has 0 saturated carbocycles. The maximum Gasteiger partial charge on any atom is 0.251 e. The van der Waals surface area contributed by atoms with E-state index in [0.717, 1.165) is 12.1 Å². The van der Waals surface area contributed by atoms with Crippen molar-refractivity contribution in [3.8, 4) is 0 Å². The zero-order chi connectivity index (χ0) is 18.5. The van der Waals surface area contributed by atoms with E-state index in [2.05, 4.69) is 15.6 Å². The lowest BCUT2D eigenvalue weighted by molar-refractivity contribution is 0.0950. The van der Waals surface area contributed by atoms with E-state index in [4.69, 9.17) is 0 Å². The van der Waals surface area contributed by atoms with Gasteiger partial charge in [-0.1, -0.05) is 24.3 Å². The van der Waals surface area contributed by atoms with E-state index < -0.39 is 23.4 Å². The quantitative estimate of drug-likeness (QED) is 0.721. The van der Waals surface area contributed by atoms with Crippen LogP contribution < -0.4 is 10.6 Å². The number of anilines is 2. The van der Waals surface area contributed by atoms with Crippen LogP contribution in [-0.2, 0) is 6.54 Å². The maximum atomic E-state index is 13.7. The SMILES string of the molecule is O=C(NCc1ccccc1F)c1ccnc(Nc2c(F)cccc2F)c1. The molecular formula is C19H14F3N3O. The molecule has 4 nitrogen and oxygen atoms in total. The molecule has 1 heterocycles. The van der Waals surface area contributed by atoms with E-state index in [1.807, 2.05) is 0 Å². The molecule has 0 unspecified atom stereocenters. The Morgan fingerprint density at radius 3 is 2.35 bits per heavy atom. The summed E-state index contributed by atoms with van der Waals surface area (Å²) in [6, 6.07) is 12.4. The molecule has 26 heavy (non-hydrogen) atoms. The predicted octanol–water partition coefficient (Wildman–Crippen LogP) is 4.17. The zero-order valence-electron chi connectivity index (χ0n) is 13.5. The average molecular weight is 357 g/mol. The van der Waals surface area contributed by atoms with Crippen molar-refractivity contribution in [2.24, 2.45) is 0 Å². The van der Waals surface area contributed by atoms with Gasteiger partial charge in [0.05, 0.1) is 0 Å². The fourth-order valence-corrected chi connectivity index (χ4v) is 2.30. The van der Waals surface area contributed by atoms with Crippen LogP contribution in [0.2, 0.25) is 0 Å². The number of hydrogen-bond donors (Lipinski definition) is 2. The first kappa shape index (κ1) is 17.5. The third-order valence-electron chi connectivity index (χ3n) is 3.64. The summed E-state index contributed by atoms with van der Waals surface area (Å²) in [6.45, 7) is 0.0124. The van der Waals surface area contributed by atoms with Crippen LogP contribution in [0.3, 0.4) is 0 Å². The van der Waals surface area contributed by atoms with Crippen LogP contribution in [0, 0.1) is 17.5 Å².